The van der Waals surface area contributed by atoms with Gasteiger partial charge < -0.3 is 14.2 Å². The van der Waals surface area contributed by atoms with Crippen molar-refractivity contribution in [3.05, 3.63) is 62.5 Å². The highest BCUT2D eigenvalue weighted by Gasteiger charge is 2.22. The molecule has 176 valence electrons. The van der Waals surface area contributed by atoms with Crippen LogP contribution in [0.5, 0.6) is 17.2 Å². The fourth-order valence-electron chi connectivity index (χ4n) is 2.79. The van der Waals surface area contributed by atoms with Gasteiger partial charge in [-0.2, -0.15) is 13.5 Å². The van der Waals surface area contributed by atoms with Crippen molar-refractivity contribution in [2.24, 2.45) is 0 Å². The van der Waals surface area contributed by atoms with E-state index >= 15 is 0 Å². The SMILES string of the molecule is COC(=O)C(C)Oc1ccc(Oc2cc(-n3nc(C)n(C(F)F)c3=O)c(F)cc2Cl)cc1Cl. The molecule has 0 N–H and O–H groups in total. The van der Waals surface area contributed by atoms with E-state index in [0.717, 1.165) is 12.1 Å². The first kappa shape index (κ1) is 24.5. The van der Waals surface area contributed by atoms with Gasteiger partial charge in [0.2, 0.25) is 0 Å². The molecule has 33 heavy (non-hydrogen) atoms. The molecule has 0 bridgehead atoms. The zero-order valence-corrected chi connectivity index (χ0v) is 18.8. The molecule has 0 saturated carbocycles. The van der Waals surface area contributed by atoms with E-state index in [2.05, 4.69) is 9.84 Å². The molecule has 3 aromatic rings. The fraction of sp³-hybridized carbons (Fsp3) is 0.250. The second kappa shape index (κ2) is 9.75. The molecular weight excluding hydrogens is 490 g/mol. The average Bonchev–Trinajstić information content (AvgIpc) is 3.05. The first-order valence-corrected chi connectivity index (χ1v) is 9.96. The number of esters is 1. The van der Waals surface area contributed by atoms with E-state index in [9.17, 15) is 22.8 Å². The lowest BCUT2D eigenvalue weighted by atomic mass is 10.2. The van der Waals surface area contributed by atoms with Gasteiger partial charge in [0.25, 0.3) is 0 Å². The maximum atomic E-state index is 14.5. The molecule has 0 spiro atoms. The summed E-state index contributed by atoms with van der Waals surface area (Å²) in [7, 11) is 1.22. The molecule has 1 heterocycles. The lowest BCUT2D eigenvalue weighted by Crippen LogP contribution is -2.25. The van der Waals surface area contributed by atoms with Crippen LogP contribution in [-0.2, 0) is 9.53 Å². The minimum atomic E-state index is -3.15. The van der Waals surface area contributed by atoms with Crippen LogP contribution in [0.15, 0.2) is 35.1 Å². The number of hydrogen-bond donors (Lipinski definition) is 0. The Bertz CT molecular complexity index is 1260. The summed E-state index contributed by atoms with van der Waals surface area (Å²) in [4.78, 5) is 23.8. The first-order chi connectivity index (χ1) is 15.5. The number of halogens is 5. The number of alkyl halides is 2. The van der Waals surface area contributed by atoms with E-state index in [1.165, 1.54) is 39.2 Å². The molecule has 8 nitrogen and oxygen atoms in total. The Labute approximate surface area is 195 Å². The second-order valence-corrected chi connectivity index (χ2v) is 7.42. The standard InChI is InChI=1S/C20H16Cl2F3N3O5/c1-9(18(29)31-3)32-16-5-4-11(6-12(16)21)33-17-8-15(14(23)7-13(17)22)28-20(30)27(19(24)25)10(2)26-28/h4-9,19H,1-3H3. The zero-order chi connectivity index (χ0) is 24.4. The highest BCUT2D eigenvalue weighted by atomic mass is 35.5. The van der Waals surface area contributed by atoms with Crippen molar-refractivity contribution in [1.82, 2.24) is 14.3 Å². The normalized spacial score (nSPS) is 12.0. The minimum absolute atomic E-state index is 0.0873. The third-order valence-electron chi connectivity index (χ3n) is 4.37. The molecule has 0 saturated heterocycles. The minimum Gasteiger partial charge on any atom is -0.477 e. The molecule has 0 aliphatic rings. The zero-order valence-electron chi connectivity index (χ0n) is 17.3. The quantitative estimate of drug-likeness (QED) is 0.424. The molecule has 13 heteroatoms. The molecule has 0 radical (unpaired) electrons. The van der Waals surface area contributed by atoms with E-state index < -0.39 is 35.8 Å². The van der Waals surface area contributed by atoms with Gasteiger partial charge in [-0.25, -0.2) is 18.5 Å². The number of carbonyl (C=O) groups is 1. The molecule has 0 aliphatic carbocycles. The molecule has 0 amide bonds. The summed E-state index contributed by atoms with van der Waals surface area (Å²) >= 11 is 12.2. The Kier molecular flexibility index (Phi) is 7.23. The highest BCUT2D eigenvalue weighted by Crippen LogP contribution is 2.36. The lowest BCUT2D eigenvalue weighted by molar-refractivity contribution is -0.147. The number of aryl methyl sites for hydroxylation is 1. The summed E-state index contributed by atoms with van der Waals surface area (Å²) in [5.74, 6) is -1.66. The number of nitrogens with zero attached hydrogens (tertiary/aromatic N) is 3. The van der Waals surface area contributed by atoms with Crippen LogP contribution >= 0.6 is 23.2 Å². The topological polar surface area (TPSA) is 84.6 Å². The van der Waals surface area contributed by atoms with Crippen LogP contribution in [0.3, 0.4) is 0 Å². The van der Waals surface area contributed by atoms with Crippen molar-refractivity contribution in [1.29, 1.82) is 0 Å². The van der Waals surface area contributed by atoms with E-state index in [4.69, 9.17) is 32.7 Å². The molecular formula is C20H16Cl2F3N3O5. The van der Waals surface area contributed by atoms with Crippen LogP contribution in [0.1, 0.15) is 19.3 Å². The number of carbonyl (C=O) groups excluding carboxylic acids is 1. The predicted molar refractivity (Wildman–Crippen MR) is 112 cm³/mol. The number of aromatic nitrogens is 3. The Morgan fingerprint density at radius 3 is 2.36 bits per heavy atom. The number of benzene rings is 2. The average molecular weight is 506 g/mol. The second-order valence-electron chi connectivity index (χ2n) is 6.60. The number of methoxy groups -OCH3 is 1. The van der Waals surface area contributed by atoms with Gasteiger partial charge in [-0.3, -0.25) is 0 Å². The van der Waals surface area contributed by atoms with Gasteiger partial charge in [0.1, 0.15) is 28.8 Å². The van der Waals surface area contributed by atoms with Crippen LogP contribution in [0.4, 0.5) is 13.2 Å². The summed E-state index contributed by atoms with van der Waals surface area (Å²) in [6.07, 6.45) is -0.914. The van der Waals surface area contributed by atoms with E-state index in [0.29, 0.717) is 4.68 Å². The number of ether oxygens (including phenoxy) is 3. The highest BCUT2D eigenvalue weighted by molar-refractivity contribution is 6.32. The van der Waals surface area contributed by atoms with Crippen molar-refractivity contribution >= 4 is 29.2 Å². The molecule has 1 unspecified atom stereocenters. The van der Waals surface area contributed by atoms with Crippen LogP contribution < -0.4 is 15.2 Å². The van der Waals surface area contributed by atoms with Crippen LogP contribution in [0.25, 0.3) is 5.69 Å². The van der Waals surface area contributed by atoms with Crippen molar-refractivity contribution in [2.45, 2.75) is 26.5 Å². The Balaban J connectivity index is 1.93. The summed E-state index contributed by atoms with van der Waals surface area (Å²) in [5, 5.41) is 3.61. The number of hydrogen-bond acceptors (Lipinski definition) is 6. The Hall–Kier alpha value is -3.18. The first-order valence-electron chi connectivity index (χ1n) is 9.21. The summed E-state index contributed by atoms with van der Waals surface area (Å²) in [6, 6.07) is 6.10. The maximum Gasteiger partial charge on any atom is 0.355 e. The van der Waals surface area contributed by atoms with Gasteiger partial charge in [-0.05, 0) is 32.0 Å². The van der Waals surface area contributed by atoms with Crippen molar-refractivity contribution in [2.75, 3.05) is 7.11 Å². The van der Waals surface area contributed by atoms with Crippen LogP contribution in [-0.4, -0.2) is 33.5 Å². The Morgan fingerprint density at radius 2 is 1.79 bits per heavy atom. The summed E-state index contributed by atoms with van der Waals surface area (Å²) in [5.41, 5.74) is -1.68. The van der Waals surface area contributed by atoms with Crippen molar-refractivity contribution < 1.29 is 32.2 Å². The molecule has 0 fully saturated rings. The lowest BCUT2D eigenvalue weighted by Gasteiger charge is -2.15. The fourth-order valence-corrected chi connectivity index (χ4v) is 3.19. The van der Waals surface area contributed by atoms with Gasteiger partial charge >= 0.3 is 18.2 Å². The maximum absolute atomic E-state index is 14.5. The van der Waals surface area contributed by atoms with Gasteiger partial charge in [0, 0.05) is 12.1 Å². The summed E-state index contributed by atoms with van der Waals surface area (Å²) in [6.45, 7) is -0.491. The third-order valence-corrected chi connectivity index (χ3v) is 4.96. The molecule has 1 aromatic heterocycles. The molecule has 2 aromatic carbocycles. The van der Waals surface area contributed by atoms with E-state index in [-0.39, 0.29) is 37.7 Å². The van der Waals surface area contributed by atoms with Crippen LogP contribution in [0.2, 0.25) is 10.0 Å². The van der Waals surface area contributed by atoms with E-state index in [1.807, 2.05) is 0 Å². The summed E-state index contributed by atoms with van der Waals surface area (Å²) < 4.78 is 56.9. The van der Waals surface area contributed by atoms with Crippen LogP contribution in [0, 0.1) is 12.7 Å². The molecule has 1 atom stereocenters. The Morgan fingerprint density at radius 1 is 1.12 bits per heavy atom. The molecule has 3 rings (SSSR count). The van der Waals surface area contributed by atoms with Gasteiger partial charge in [-0.15, -0.1) is 5.10 Å². The molecule has 0 aliphatic heterocycles. The number of rotatable bonds is 7. The predicted octanol–water partition coefficient (Wildman–Crippen LogP) is 4.92. The van der Waals surface area contributed by atoms with Crippen molar-refractivity contribution in [3.8, 4) is 22.9 Å². The smallest absolute Gasteiger partial charge is 0.355 e. The monoisotopic (exact) mass is 505 g/mol. The van der Waals surface area contributed by atoms with Gasteiger partial charge in [-0.1, -0.05) is 23.2 Å². The largest absolute Gasteiger partial charge is 0.477 e. The van der Waals surface area contributed by atoms with E-state index in [1.54, 1.807) is 0 Å². The van der Waals surface area contributed by atoms with Gasteiger partial charge in [0.05, 0.1) is 17.2 Å². The van der Waals surface area contributed by atoms with Crippen molar-refractivity contribution in [3.63, 3.8) is 0 Å². The third kappa shape index (κ3) is 5.09. The van der Waals surface area contributed by atoms with Gasteiger partial charge in [0.15, 0.2) is 11.9 Å².